The zero-order valence-corrected chi connectivity index (χ0v) is 12.7. The van der Waals surface area contributed by atoms with Crippen molar-refractivity contribution in [3.8, 4) is 11.1 Å². The number of rotatable bonds is 6. The lowest BCUT2D eigenvalue weighted by atomic mass is 10.0. The van der Waals surface area contributed by atoms with E-state index in [1.54, 1.807) is 0 Å². The maximum absolute atomic E-state index is 12.0. The van der Waals surface area contributed by atoms with Crippen LogP contribution < -0.4 is 10.2 Å². The monoisotopic (exact) mass is 283 g/mol. The molecule has 0 heterocycles. The van der Waals surface area contributed by atoms with Crippen LogP contribution in [0.1, 0.15) is 16.8 Å². The van der Waals surface area contributed by atoms with E-state index >= 15 is 0 Å². The Balaban J connectivity index is 1.91. The van der Waals surface area contributed by atoms with E-state index in [9.17, 15) is 4.79 Å². The Morgan fingerprint density at radius 1 is 0.952 bits per heavy atom. The Morgan fingerprint density at radius 2 is 1.57 bits per heavy atom. The van der Waals surface area contributed by atoms with Crippen LogP contribution in [-0.4, -0.2) is 33.1 Å². The molecule has 0 aromatic heterocycles. The van der Waals surface area contributed by atoms with Gasteiger partial charge in [0.2, 0.25) is 0 Å². The third-order valence-electron chi connectivity index (χ3n) is 3.39. The van der Waals surface area contributed by atoms with Crippen LogP contribution in [0.2, 0.25) is 0 Å². The van der Waals surface area contributed by atoms with Crippen molar-refractivity contribution < 1.29 is 9.69 Å². The average Bonchev–Trinajstić information content (AvgIpc) is 2.52. The largest absolute Gasteiger partial charge is 0.352 e. The summed E-state index contributed by atoms with van der Waals surface area (Å²) in [5, 5.41) is 2.96. The van der Waals surface area contributed by atoms with Gasteiger partial charge in [-0.1, -0.05) is 42.5 Å². The van der Waals surface area contributed by atoms with Crippen LogP contribution in [-0.2, 0) is 0 Å². The van der Waals surface area contributed by atoms with Crippen molar-refractivity contribution in [3.05, 3.63) is 60.2 Å². The molecular formula is C18H23N2O+. The maximum Gasteiger partial charge on any atom is 0.251 e. The van der Waals surface area contributed by atoms with Gasteiger partial charge in [0.25, 0.3) is 5.91 Å². The first-order chi connectivity index (χ1) is 10.2. The highest BCUT2D eigenvalue weighted by Crippen LogP contribution is 2.19. The summed E-state index contributed by atoms with van der Waals surface area (Å²) in [6.07, 6.45) is 0.996. The highest BCUT2D eigenvalue weighted by Gasteiger charge is 2.05. The van der Waals surface area contributed by atoms with Crippen molar-refractivity contribution in [2.24, 2.45) is 0 Å². The number of quaternary nitrogens is 1. The molecule has 0 aliphatic rings. The zero-order chi connectivity index (χ0) is 15.1. The van der Waals surface area contributed by atoms with E-state index in [1.807, 2.05) is 42.5 Å². The normalized spacial score (nSPS) is 10.6. The summed E-state index contributed by atoms with van der Waals surface area (Å²) in [7, 11) is 4.23. The first-order valence-electron chi connectivity index (χ1n) is 7.39. The van der Waals surface area contributed by atoms with Gasteiger partial charge in [0.05, 0.1) is 20.6 Å². The molecule has 0 aliphatic carbocycles. The average molecular weight is 283 g/mol. The second-order valence-corrected chi connectivity index (χ2v) is 5.51. The summed E-state index contributed by atoms with van der Waals surface area (Å²) < 4.78 is 0. The molecule has 0 saturated carbocycles. The number of hydrogen-bond acceptors (Lipinski definition) is 1. The molecule has 110 valence electrons. The molecular weight excluding hydrogens is 260 g/mol. The minimum atomic E-state index is 0.00312. The fraction of sp³-hybridized carbons (Fsp3) is 0.278. The van der Waals surface area contributed by atoms with Gasteiger partial charge in [0.15, 0.2) is 0 Å². The number of benzene rings is 2. The topological polar surface area (TPSA) is 33.5 Å². The molecule has 0 saturated heterocycles. The lowest BCUT2D eigenvalue weighted by Crippen LogP contribution is -3.05. The number of amides is 1. The molecule has 0 aliphatic heterocycles. The van der Waals surface area contributed by atoms with Gasteiger partial charge in [-0.05, 0) is 23.3 Å². The molecule has 2 aromatic carbocycles. The van der Waals surface area contributed by atoms with Gasteiger partial charge in [-0.3, -0.25) is 4.79 Å². The van der Waals surface area contributed by atoms with E-state index in [2.05, 4.69) is 31.5 Å². The van der Waals surface area contributed by atoms with E-state index in [1.165, 1.54) is 10.5 Å². The summed E-state index contributed by atoms with van der Waals surface area (Å²) in [5.74, 6) is 0.00312. The van der Waals surface area contributed by atoms with Crippen molar-refractivity contribution in [2.75, 3.05) is 27.2 Å². The van der Waals surface area contributed by atoms with E-state index in [4.69, 9.17) is 0 Å². The molecule has 1 amide bonds. The number of hydrogen-bond donors (Lipinski definition) is 2. The molecule has 0 atom stereocenters. The minimum absolute atomic E-state index is 0.00312. The summed E-state index contributed by atoms with van der Waals surface area (Å²) >= 11 is 0. The molecule has 2 rings (SSSR count). The van der Waals surface area contributed by atoms with Crippen LogP contribution in [0.5, 0.6) is 0 Å². The molecule has 0 spiro atoms. The molecule has 0 unspecified atom stereocenters. The van der Waals surface area contributed by atoms with Gasteiger partial charge < -0.3 is 10.2 Å². The van der Waals surface area contributed by atoms with Gasteiger partial charge in [-0.15, -0.1) is 0 Å². The SMILES string of the molecule is C[NH+](C)CCCNC(=O)c1ccc(-c2ccccc2)cc1. The van der Waals surface area contributed by atoms with E-state index in [0.717, 1.165) is 25.1 Å². The Bertz CT molecular complexity index is 562. The van der Waals surface area contributed by atoms with Gasteiger partial charge in [-0.25, -0.2) is 0 Å². The van der Waals surface area contributed by atoms with E-state index in [-0.39, 0.29) is 5.91 Å². The lowest BCUT2D eigenvalue weighted by molar-refractivity contribution is -0.858. The van der Waals surface area contributed by atoms with E-state index in [0.29, 0.717) is 5.56 Å². The quantitative estimate of drug-likeness (QED) is 0.776. The summed E-state index contributed by atoms with van der Waals surface area (Å²) in [6, 6.07) is 17.9. The van der Waals surface area contributed by atoms with Gasteiger partial charge in [0.1, 0.15) is 0 Å². The summed E-state index contributed by atoms with van der Waals surface area (Å²) in [6.45, 7) is 1.79. The molecule has 2 N–H and O–H groups in total. The van der Waals surface area contributed by atoms with Crippen LogP contribution in [0.4, 0.5) is 0 Å². The summed E-state index contributed by atoms with van der Waals surface area (Å²) in [5.41, 5.74) is 3.01. The molecule has 0 fully saturated rings. The van der Waals surface area contributed by atoms with Crippen LogP contribution in [0.25, 0.3) is 11.1 Å². The lowest BCUT2D eigenvalue weighted by Gasteiger charge is -2.08. The van der Waals surface area contributed by atoms with Crippen LogP contribution in [0.15, 0.2) is 54.6 Å². The van der Waals surface area contributed by atoms with Gasteiger partial charge >= 0.3 is 0 Å². The standard InChI is InChI=1S/C18H22N2O/c1-20(2)14-6-13-19-18(21)17-11-9-16(10-12-17)15-7-4-3-5-8-15/h3-5,7-12H,6,13-14H2,1-2H3,(H,19,21)/p+1. The summed E-state index contributed by atoms with van der Waals surface area (Å²) in [4.78, 5) is 13.4. The van der Waals surface area contributed by atoms with Crippen LogP contribution in [0.3, 0.4) is 0 Å². The molecule has 0 bridgehead atoms. The van der Waals surface area contributed by atoms with Crippen molar-refractivity contribution >= 4 is 5.91 Å². The predicted molar refractivity (Wildman–Crippen MR) is 86.5 cm³/mol. The zero-order valence-electron chi connectivity index (χ0n) is 12.7. The highest BCUT2D eigenvalue weighted by molar-refractivity contribution is 5.94. The van der Waals surface area contributed by atoms with Crippen molar-refractivity contribution in [3.63, 3.8) is 0 Å². The molecule has 3 heteroatoms. The Labute approximate surface area is 126 Å². The Kier molecular flexibility index (Phi) is 5.52. The van der Waals surface area contributed by atoms with Crippen molar-refractivity contribution in [1.29, 1.82) is 0 Å². The maximum atomic E-state index is 12.0. The van der Waals surface area contributed by atoms with Crippen molar-refractivity contribution in [1.82, 2.24) is 5.32 Å². The fourth-order valence-corrected chi connectivity index (χ4v) is 2.19. The Morgan fingerprint density at radius 3 is 2.19 bits per heavy atom. The minimum Gasteiger partial charge on any atom is -0.352 e. The predicted octanol–water partition coefficient (Wildman–Crippen LogP) is 1.62. The van der Waals surface area contributed by atoms with Gasteiger partial charge in [-0.2, -0.15) is 0 Å². The fourth-order valence-electron chi connectivity index (χ4n) is 2.19. The molecule has 3 nitrogen and oxygen atoms in total. The molecule has 2 aromatic rings. The Hall–Kier alpha value is -2.13. The molecule has 21 heavy (non-hydrogen) atoms. The highest BCUT2D eigenvalue weighted by atomic mass is 16.1. The third-order valence-corrected chi connectivity index (χ3v) is 3.39. The number of carbonyl (C=O) groups excluding carboxylic acids is 1. The first kappa shape index (κ1) is 15.3. The first-order valence-corrected chi connectivity index (χ1v) is 7.39. The second kappa shape index (κ2) is 7.60. The molecule has 0 radical (unpaired) electrons. The van der Waals surface area contributed by atoms with Crippen LogP contribution in [0, 0.1) is 0 Å². The smallest absolute Gasteiger partial charge is 0.251 e. The number of nitrogens with one attached hydrogen (secondary N) is 2. The van der Waals surface area contributed by atoms with Crippen LogP contribution >= 0.6 is 0 Å². The third kappa shape index (κ3) is 4.72. The van der Waals surface area contributed by atoms with Crippen molar-refractivity contribution in [2.45, 2.75) is 6.42 Å². The van der Waals surface area contributed by atoms with E-state index < -0.39 is 0 Å². The number of carbonyl (C=O) groups is 1. The van der Waals surface area contributed by atoms with Gasteiger partial charge in [0, 0.05) is 18.5 Å². The second-order valence-electron chi connectivity index (χ2n) is 5.51.